The Hall–Kier alpha value is -3.04. The minimum Gasteiger partial charge on any atom is -0.321 e. The third kappa shape index (κ3) is 3.99. The molecule has 0 aliphatic rings. The summed E-state index contributed by atoms with van der Waals surface area (Å²) in [7, 11) is -2.09. The third-order valence-electron chi connectivity index (χ3n) is 4.90. The smallest absolute Gasteiger partial charge is 0.276 e. The SMILES string of the molecule is CCn1nc(C(=O)Nc2ccc(S(=O)(=O)N(C)C(C)C)cc2)c2ccccc2c1=O. The molecule has 1 aromatic heterocycles. The van der Waals surface area contributed by atoms with Gasteiger partial charge in [-0.05, 0) is 51.1 Å². The molecule has 0 spiro atoms. The largest absolute Gasteiger partial charge is 0.321 e. The van der Waals surface area contributed by atoms with Crippen LogP contribution in [0.2, 0.25) is 0 Å². The van der Waals surface area contributed by atoms with Gasteiger partial charge in [-0.25, -0.2) is 13.1 Å². The molecule has 0 unspecified atom stereocenters. The van der Waals surface area contributed by atoms with Crippen molar-refractivity contribution in [2.24, 2.45) is 0 Å². The highest BCUT2D eigenvalue weighted by Gasteiger charge is 2.23. The van der Waals surface area contributed by atoms with E-state index in [1.165, 1.54) is 40.3 Å². The summed E-state index contributed by atoms with van der Waals surface area (Å²) in [6.07, 6.45) is 0. The first-order chi connectivity index (χ1) is 14.2. The van der Waals surface area contributed by atoms with Crippen molar-refractivity contribution < 1.29 is 13.2 Å². The normalized spacial score (nSPS) is 11.9. The lowest BCUT2D eigenvalue weighted by molar-refractivity contribution is 0.102. The summed E-state index contributed by atoms with van der Waals surface area (Å²) >= 11 is 0. The summed E-state index contributed by atoms with van der Waals surface area (Å²) in [5, 5.41) is 7.81. The van der Waals surface area contributed by atoms with Crippen LogP contribution in [-0.4, -0.2) is 41.5 Å². The van der Waals surface area contributed by atoms with E-state index in [2.05, 4.69) is 10.4 Å². The maximum absolute atomic E-state index is 12.9. The average molecular weight is 429 g/mol. The van der Waals surface area contributed by atoms with Gasteiger partial charge in [0.2, 0.25) is 10.0 Å². The van der Waals surface area contributed by atoms with Crippen LogP contribution in [0, 0.1) is 0 Å². The van der Waals surface area contributed by atoms with Gasteiger partial charge in [0.05, 0.1) is 10.3 Å². The van der Waals surface area contributed by atoms with Crippen LogP contribution in [0.1, 0.15) is 31.3 Å². The van der Waals surface area contributed by atoms with Gasteiger partial charge in [0.25, 0.3) is 11.5 Å². The summed E-state index contributed by atoms with van der Waals surface area (Å²) in [5.74, 6) is -0.483. The zero-order valence-corrected chi connectivity index (χ0v) is 18.1. The molecule has 0 atom stereocenters. The lowest BCUT2D eigenvalue weighted by atomic mass is 10.1. The molecule has 0 saturated carbocycles. The van der Waals surface area contributed by atoms with E-state index in [1.807, 2.05) is 0 Å². The number of nitrogens with one attached hydrogen (secondary N) is 1. The van der Waals surface area contributed by atoms with Crippen molar-refractivity contribution in [2.75, 3.05) is 12.4 Å². The number of amides is 1. The molecule has 0 aliphatic heterocycles. The van der Waals surface area contributed by atoms with Crippen LogP contribution in [0.25, 0.3) is 10.8 Å². The molecule has 0 saturated heterocycles. The van der Waals surface area contributed by atoms with Crippen LogP contribution in [0.3, 0.4) is 0 Å². The number of fused-ring (bicyclic) bond motifs is 1. The second-order valence-corrected chi connectivity index (χ2v) is 9.11. The van der Waals surface area contributed by atoms with E-state index in [-0.39, 0.29) is 22.2 Å². The molecule has 158 valence electrons. The van der Waals surface area contributed by atoms with Crippen LogP contribution in [0.15, 0.2) is 58.2 Å². The number of carbonyl (C=O) groups is 1. The fraction of sp³-hybridized carbons (Fsp3) is 0.286. The molecule has 3 rings (SSSR count). The number of nitrogens with zero attached hydrogens (tertiary/aromatic N) is 3. The second-order valence-electron chi connectivity index (χ2n) is 7.11. The Morgan fingerprint density at radius 1 is 1.10 bits per heavy atom. The Kier molecular flexibility index (Phi) is 6.04. The molecule has 30 heavy (non-hydrogen) atoms. The number of hydrogen-bond donors (Lipinski definition) is 1. The van der Waals surface area contributed by atoms with E-state index in [9.17, 15) is 18.0 Å². The van der Waals surface area contributed by atoms with Crippen LogP contribution in [0.4, 0.5) is 5.69 Å². The van der Waals surface area contributed by atoms with Crippen molar-refractivity contribution in [3.63, 3.8) is 0 Å². The van der Waals surface area contributed by atoms with Crippen molar-refractivity contribution in [3.05, 3.63) is 64.6 Å². The van der Waals surface area contributed by atoms with E-state index in [0.29, 0.717) is 23.0 Å². The first kappa shape index (κ1) is 21.7. The topological polar surface area (TPSA) is 101 Å². The number of aromatic nitrogens is 2. The first-order valence-corrected chi connectivity index (χ1v) is 11.0. The zero-order valence-electron chi connectivity index (χ0n) is 17.3. The molecule has 1 heterocycles. The molecule has 0 bridgehead atoms. The van der Waals surface area contributed by atoms with Crippen molar-refractivity contribution in [1.29, 1.82) is 0 Å². The molecule has 8 nitrogen and oxygen atoms in total. The number of aryl methyl sites for hydroxylation is 1. The van der Waals surface area contributed by atoms with Crippen molar-refractivity contribution in [2.45, 2.75) is 38.3 Å². The second kappa shape index (κ2) is 8.37. The van der Waals surface area contributed by atoms with E-state index in [0.717, 1.165) is 0 Å². The van der Waals surface area contributed by atoms with Gasteiger partial charge in [0, 0.05) is 30.7 Å². The minimum absolute atomic E-state index is 0.128. The number of benzene rings is 2. The number of carbonyl (C=O) groups excluding carboxylic acids is 1. The van der Waals surface area contributed by atoms with E-state index in [4.69, 9.17) is 0 Å². The third-order valence-corrected chi connectivity index (χ3v) is 6.95. The fourth-order valence-corrected chi connectivity index (χ4v) is 4.33. The summed E-state index contributed by atoms with van der Waals surface area (Å²) in [6, 6.07) is 12.6. The van der Waals surface area contributed by atoms with E-state index >= 15 is 0 Å². The Bertz CT molecular complexity index is 1250. The summed E-state index contributed by atoms with van der Waals surface area (Å²) in [4.78, 5) is 25.4. The Morgan fingerprint density at radius 2 is 1.70 bits per heavy atom. The van der Waals surface area contributed by atoms with Gasteiger partial charge >= 0.3 is 0 Å². The lowest BCUT2D eigenvalue weighted by Crippen LogP contribution is -2.33. The predicted octanol–water partition coefficient (Wildman–Crippen LogP) is 2.70. The molecule has 0 aliphatic carbocycles. The van der Waals surface area contributed by atoms with Crippen LogP contribution in [-0.2, 0) is 16.6 Å². The van der Waals surface area contributed by atoms with Gasteiger partial charge in [-0.2, -0.15) is 9.40 Å². The average Bonchev–Trinajstić information content (AvgIpc) is 2.73. The quantitative estimate of drug-likeness (QED) is 0.650. The van der Waals surface area contributed by atoms with Gasteiger partial charge in [-0.3, -0.25) is 9.59 Å². The monoisotopic (exact) mass is 428 g/mol. The molecule has 1 N–H and O–H groups in total. The van der Waals surface area contributed by atoms with Gasteiger partial charge in [-0.15, -0.1) is 0 Å². The van der Waals surface area contributed by atoms with Gasteiger partial charge in [-0.1, -0.05) is 18.2 Å². The van der Waals surface area contributed by atoms with Gasteiger partial charge in [0.15, 0.2) is 5.69 Å². The molecule has 3 aromatic rings. The minimum atomic E-state index is -3.61. The maximum atomic E-state index is 12.9. The van der Waals surface area contributed by atoms with Gasteiger partial charge in [0.1, 0.15) is 0 Å². The highest BCUT2D eigenvalue weighted by molar-refractivity contribution is 7.89. The molecule has 1 amide bonds. The molecule has 9 heteroatoms. The van der Waals surface area contributed by atoms with Crippen LogP contribution >= 0.6 is 0 Å². The summed E-state index contributed by atoms with van der Waals surface area (Å²) in [5.41, 5.74) is 0.294. The van der Waals surface area contributed by atoms with Crippen LogP contribution in [0.5, 0.6) is 0 Å². The summed E-state index contributed by atoms with van der Waals surface area (Å²) in [6.45, 7) is 5.69. The predicted molar refractivity (Wildman–Crippen MR) is 116 cm³/mol. The lowest BCUT2D eigenvalue weighted by Gasteiger charge is -2.21. The fourth-order valence-electron chi connectivity index (χ4n) is 2.96. The Balaban J connectivity index is 1.92. The standard InChI is InChI=1S/C21H24N4O4S/c1-5-25-21(27)18-9-7-6-8-17(18)19(23-25)20(26)22-15-10-12-16(13-11-15)30(28,29)24(4)14(2)3/h6-14H,5H2,1-4H3,(H,22,26). The van der Waals surface area contributed by atoms with Crippen molar-refractivity contribution in [3.8, 4) is 0 Å². The molecular formula is C21H24N4O4S. The van der Waals surface area contributed by atoms with E-state index < -0.39 is 15.9 Å². The van der Waals surface area contributed by atoms with Gasteiger partial charge < -0.3 is 5.32 Å². The summed E-state index contributed by atoms with van der Waals surface area (Å²) < 4.78 is 27.7. The number of hydrogen-bond acceptors (Lipinski definition) is 5. The molecule has 0 radical (unpaired) electrons. The van der Waals surface area contributed by atoms with Crippen molar-refractivity contribution in [1.82, 2.24) is 14.1 Å². The highest BCUT2D eigenvalue weighted by Crippen LogP contribution is 2.20. The number of rotatable bonds is 6. The Morgan fingerprint density at radius 3 is 2.27 bits per heavy atom. The van der Waals surface area contributed by atoms with Crippen LogP contribution < -0.4 is 10.9 Å². The number of anilines is 1. The zero-order chi connectivity index (χ0) is 22.1. The van der Waals surface area contributed by atoms with Crippen molar-refractivity contribution >= 4 is 32.4 Å². The van der Waals surface area contributed by atoms with E-state index in [1.54, 1.807) is 45.0 Å². The molecular weight excluding hydrogens is 404 g/mol. The first-order valence-electron chi connectivity index (χ1n) is 9.56. The Labute approximate surface area is 175 Å². The maximum Gasteiger partial charge on any atom is 0.276 e. The number of sulfonamides is 1. The molecule has 0 fully saturated rings. The molecule has 2 aromatic carbocycles. The highest BCUT2D eigenvalue weighted by atomic mass is 32.2.